The van der Waals surface area contributed by atoms with E-state index in [4.69, 9.17) is 14.2 Å². The van der Waals surface area contributed by atoms with Crippen LogP contribution in [-0.2, 0) is 28.6 Å². The molecule has 0 amide bonds. The van der Waals surface area contributed by atoms with Gasteiger partial charge in [-0.25, -0.2) is 0 Å². The molecule has 0 heterocycles. The van der Waals surface area contributed by atoms with Gasteiger partial charge in [0.1, 0.15) is 13.2 Å². The summed E-state index contributed by atoms with van der Waals surface area (Å²) in [7, 11) is 0. The maximum absolute atomic E-state index is 12.9. The van der Waals surface area contributed by atoms with Crippen LogP contribution in [0, 0.1) is 0 Å². The average molecular weight is 984 g/mol. The Kier molecular flexibility index (Phi) is 54.9. The third kappa shape index (κ3) is 56.6. The molecule has 0 aromatic carbocycles. The van der Waals surface area contributed by atoms with Gasteiger partial charge in [-0.1, -0.05) is 264 Å². The Balaban J connectivity index is 4.52. The van der Waals surface area contributed by atoms with E-state index < -0.39 is 6.10 Å². The Hall–Kier alpha value is -4.19. The largest absolute Gasteiger partial charge is 0.462 e. The fourth-order valence-corrected chi connectivity index (χ4v) is 7.76. The summed E-state index contributed by atoms with van der Waals surface area (Å²) < 4.78 is 16.8. The highest BCUT2D eigenvalue weighted by Gasteiger charge is 2.19. The van der Waals surface area contributed by atoms with E-state index in [-0.39, 0.29) is 31.1 Å². The molecule has 6 nitrogen and oxygen atoms in total. The van der Waals surface area contributed by atoms with E-state index in [1.165, 1.54) is 128 Å². The topological polar surface area (TPSA) is 78.9 Å². The number of rotatable bonds is 51. The van der Waals surface area contributed by atoms with Gasteiger partial charge < -0.3 is 14.2 Å². The summed E-state index contributed by atoms with van der Waals surface area (Å²) in [6, 6.07) is 0. The van der Waals surface area contributed by atoms with Crippen molar-refractivity contribution in [3.63, 3.8) is 0 Å². The number of unbranched alkanes of at least 4 members (excludes halogenated alkanes) is 27. The number of ether oxygens (including phenoxy) is 3. The summed E-state index contributed by atoms with van der Waals surface area (Å²) in [5, 5.41) is 0. The average Bonchev–Trinajstić information content (AvgIpc) is 3.37. The molecule has 0 fully saturated rings. The van der Waals surface area contributed by atoms with E-state index in [9.17, 15) is 14.4 Å². The number of allylic oxidation sites excluding steroid dienone is 20. The third-order valence-electron chi connectivity index (χ3n) is 12.1. The van der Waals surface area contributed by atoms with Crippen LogP contribution < -0.4 is 0 Å². The summed E-state index contributed by atoms with van der Waals surface area (Å²) in [4.78, 5) is 38.2. The van der Waals surface area contributed by atoms with Crippen LogP contribution in [0.2, 0.25) is 0 Å². The van der Waals surface area contributed by atoms with Crippen LogP contribution >= 0.6 is 0 Å². The molecule has 0 aliphatic heterocycles. The number of hydrogen-bond acceptors (Lipinski definition) is 6. The Labute approximate surface area is 437 Å². The molecule has 71 heavy (non-hydrogen) atoms. The SMILES string of the molecule is CC\C=C/C=C\C=C/C=C\C=C\C=C/C=C\CCCCCC(=O)OCC(COC(=O)CCCCCCCC/C=C\C=C/CCCCC)OC(=O)CCCCCCCCC/C=C\CCCCCCCCCC. The van der Waals surface area contributed by atoms with Crippen LogP contribution in [0.4, 0.5) is 0 Å². The molecule has 0 aliphatic rings. The Morgan fingerprint density at radius 1 is 0.296 bits per heavy atom. The van der Waals surface area contributed by atoms with Gasteiger partial charge >= 0.3 is 17.9 Å². The predicted molar refractivity (Wildman–Crippen MR) is 306 cm³/mol. The van der Waals surface area contributed by atoms with Gasteiger partial charge in [-0.05, 0) is 89.9 Å². The first-order chi connectivity index (χ1) is 35.0. The number of hydrogen-bond donors (Lipinski definition) is 0. The lowest BCUT2D eigenvalue weighted by Crippen LogP contribution is -2.30. The lowest BCUT2D eigenvalue weighted by atomic mass is 10.1. The van der Waals surface area contributed by atoms with Crippen molar-refractivity contribution in [2.24, 2.45) is 0 Å². The first-order valence-corrected chi connectivity index (χ1v) is 29.2. The van der Waals surface area contributed by atoms with E-state index in [1.54, 1.807) is 0 Å². The molecule has 402 valence electrons. The summed E-state index contributed by atoms with van der Waals surface area (Å²) in [5.74, 6) is -0.965. The molecule has 0 saturated heterocycles. The lowest BCUT2D eigenvalue weighted by molar-refractivity contribution is -0.167. The molecule has 0 radical (unpaired) electrons. The molecule has 0 spiro atoms. The van der Waals surface area contributed by atoms with E-state index in [2.05, 4.69) is 69.4 Å². The molecule has 0 rings (SSSR count). The molecule has 0 bridgehead atoms. The van der Waals surface area contributed by atoms with Crippen LogP contribution in [0.5, 0.6) is 0 Å². The van der Waals surface area contributed by atoms with E-state index in [1.807, 2.05) is 72.9 Å². The first-order valence-electron chi connectivity index (χ1n) is 29.2. The van der Waals surface area contributed by atoms with Crippen LogP contribution in [0.25, 0.3) is 0 Å². The normalized spacial score (nSPS) is 13.0. The number of carbonyl (C=O) groups excluding carboxylic acids is 3. The van der Waals surface area contributed by atoms with Crippen LogP contribution in [-0.4, -0.2) is 37.2 Å². The fourth-order valence-electron chi connectivity index (χ4n) is 7.76. The van der Waals surface area contributed by atoms with Gasteiger partial charge in [0.05, 0.1) is 0 Å². The maximum Gasteiger partial charge on any atom is 0.306 e. The fraction of sp³-hybridized carbons (Fsp3) is 0.646. The summed E-state index contributed by atoms with van der Waals surface area (Å²) >= 11 is 0. The highest BCUT2D eigenvalue weighted by molar-refractivity contribution is 5.71. The number of esters is 3. The second kappa shape index (κ2) is 58.4. The zero-order chi connectivity index (χ0) is 51.4. The zero-order valence-electron chi connectivity index (χ0n) is 45.9. The highest BCUT2D eigenvalue weighted by atomic mass is 16.6. The lowest BCUT2D eigenvalue weighted by Gasteiger charge is -2.18. The van der Waals surface area contributed by atoms with Crippen molar-refractivity contribution in [2.75, 3.05) is 13.2 Å². The van der Waals surface area contributed by atoms with Gasteiger partial charge in [0.15, 0.2) is 6.10 Å². The van der Waals surface area contributed by atoms with Crippen LogP contribution in [0.1, 0.15) is 252 Å². The molecule has 1 atom stereocenters. The van der Waals surface area contributed by atoms with Crippen molar-refractivity contribution in [1.82, 2.24) is 0 Å². The van der Waals surface area contributed by atoms with Gasteiger partial charge in [0, 0.05) is 19.3 Å². The second-order valence-corrected chi connectivity index (χ2v) is 19.0. The Bertz CT molecular complexity index is 1500. The molecule has 0 aromatic heterocycles. The third-order valence-corrected chi connectivity index (χ3v) is 12.1. The van der Waals surface area contributed by atoms with Crippen LogP contribution in [0.3, 0.4) is 0 Å². The van der Waals surface area contributed by atoms with Gasteiger partial charge in [-0.2, -0.15) is 0 Å². The standard InChI is InChI=1S/C65H106O6/c1-4-7-10-13-16-19-22-25-28-30-32-34-37-40-43-46-49-52-55-58-64(67)70-61-62(60-69-63(66)57-54-51-48-45-42-39-36-27-24-21-18-15-12-9-6-3)71-65(68)59-56-53-50-47-44-41-38-35-33-31-29-26-23-20-17-14-11-8-5-2/h7,10,13,16,18-19,21-22,24-25,27-28,30-34,37,40,43,62H,4-6,8-9,11-12,14-15,17,20,23,26,29,35-36,38-39,41-42,44-61H2,1-3H3/b10-7-,16-13-,21-18-,22-19-,27-24-,28-25-,32-30+,33-31-,37-34-,43-40-. The molecule has 0 saturated carbocycles. The Morgan fingerprint density at radius 3 is 0.958 bits per heavy atom. The van der Waals surface area contributed by atoms with Gasteiger partial charge in [0.25, 0.3) is 0 Å². The minimum atomic E-state index is -0.809. The molecular formula is C65H106O6. The summed E-state index contributed by atoms with van der Waals surface area (Å²) in [6.45, 7) is 6.41. The van der Waals surface area contributed by atoms with Crippen molar-refractivity contribution >= 4 is 17.9 Å². The molecule has 0 aliphatic carbocycles. The Morgan fingerprint density at radius 2 is 0.563 bits per heavy atom. The van der Waals surface area contributed by atoms with Crippen molar-refractivity contribution < 1.29 is 28.6 Å². The van der Waals surface area contributed by atoms with Crippen molar-refractivity contribution in [1.29, 1.82) is 0 Å². The first kappa shape index (κ1) is 66.8. The summed E-state index contributed by atoms with van der Waals surface area (Å²) in [5.41, 5.74) is 0. The minimum Gasteiger partial charge on any atom is -0.462 e. The number of carbonyl (C=O) groups is 3. The van der Waals surface area contributed by atoms with Crippen molar-refractivity contribution in [3.8, 4) is 0 Å². The quantitative estimate of drug-likeness (QED) is 0.0199. The minimum absolute atomic E-state index is 0.104. The molecular weight excluding hydrogens is 877 g/mol. The molecule has 1 unspecified atom stereocenters. The monoisotopic (exact) mass is 983 g/mol. The zero-order valence-corrected chi connectivity index (χ0v) is 45.9. The van der Waals surface area contributed by atoms with E-state index in [0.29, 0.717) is 19.3 Å². The van der Waals surface area contributed by atoms with Gasteiger partial charge in [0.2, 0.25) is 0 Å². The molecule has 6 heteroatoms. The van der Waals surface area contributed by atoms with E-state index in [0.717, 1.165) is 83.5 Å². The molecule has 0 N–H and O–H groups in total. The van der Waals surface area contributed by atoms with Gasteiger partial charge in [-0.3, -0.25) is 14.4 Å². The second-order valence-electron chi connectivity index (χ2n) is 19.0. The predicted octanol–water partition coefficient (Wildman–Crippen LogP) is 19.6. The van der Waals surface area contributed by atoms with Crippen LogP contribution in [0.15, 0.2) is 122 Å². The molecule has 0 aromatic rings. The highest BCUT2D eigenvalue weighted by Crippen LogP contribution is 2.15. The van der Waals surface area contributed by atoms with Crippen molar-refractivity contribution in [2.45, 2.75) is 258 Å². The van der Waals surface area contributed by atoms with Crippen molar-refractivity contribution in [3.05, 3.63) is 122 Å². The van der Waals surface area contributed by atoms with E-state index >= 15 is 0 Å². The maximum atomic E-state index is 12.9. The smallest absolute Gasteiger partial charge is 0.306 e. The van der Waals surface area contributed by atoms with Gasteiger partial charge in [-0.15, -0.1) is 0 Å². The summed E-state index contributed by atoms with van der Waals surface area (Å²) in [6.07, 6.45) is 80.4.